The summed E-state index contributed by atoms with van der Waals surface area (Å²) < 4.78 is 213. The van der Waals surface area contributed by atoms with Gasteiger partial charge < -0.3 is 14.7 Å². The minimum absolute atomic E-state index is 0.0205. The van der Waals surface area contributed by atoms with Gasteiger partial charge in [-0.05, 0) is 72.3 Å². The molecule has 7 aromatic rings. The topological polar surface area (TPSA) is 83.7 Å². The summed E-state index contributed by atoms with van der Waals surface area (Å²) >= 11 is 0. The zero-order valence-corrected chi connectivity index (χ0v) is 31.6. The molecule has 0 atom stereocenters. The number of benzene rings is 4. The third kappa shape index (κ3) is 6.70. The zero-order chi connectivity index (χ0) is 46.3. The first-order chi connectivity index (χ1) is 31.0. The maximum absolute atomic E-state index is 15.6. The summed E-state index contributed by atoms with van der Waals surface area (Å²) in [7, 11) is 0. The summed E-state index contributed by atoms with van der Waals surface area (Å²) in [4.78, 5) is 25.4. The second kappa shape index (κ2) is 15.6. The van der Waals surface area contributed by atoms with E-state index in [2.05, 4.69) is 19.9 Å². The van der Waals surface area contributed by atoms with E-state index in [1.54, 1.807) is 0 Å². The molecule has 0 unspecified atom stereocenters. The van der Waals surface area contributed by atoms with E-state index >= 15 is 17.6 Å². The number of hydrogen-bond acceptors (Lipinski definition) is 4. The fourth-order valence-corrected chi connectivity index (χ4v) is 7.25. The minimum atomic E-state index is -2.45. The van der Waals surface area contributed by atoms with Crippen LogP contribution >= 0.6 is 0 Å². The Labute approximate surface area is 352 Å². The van der Waals surface area contributed by atoms with Crippen LogP contribution in [-0.2, 0) is 0 Å². The fraction of sp³-hybridized carbons (Fsp3) is 0. The number of rotatable bonds is 6. The van der Waals surface area contributed by atoms with Gasteiger partial charge in [-0.2, -0.15) is 8.78 Å². The number of hydrogen-bond donors (Lipinski definition) is 2. The second-order valence-corrected chi connectivity index (χ2v) is 14.0. The monoisotopic (exact) mass is 910 g/mol. The van der Waals surface area contributed by atoms with Crippen molar-refractivity contribution in [3.63, 3.8) is 0 Å². The van der Waals surface area contributed by atoms with Crippen molar-refractivity contribution in [3.05, 3.63) is 164 Å². The van der Waals surface area contributed by atoms with Crippen LogP contribution in [0.25, 0.3) is 79.8 Å². The molecule has 3 aromatic heterocycles. The van der Waals surface area contributed by atoms with Crippen molar-refractivity contribution in [2.24, 2.45) is 0 Å². The number of H-pyrrole nitrogens is 2. The summed E-state index contributed by atoms with van der Waals surface area (Å²) in [5.41, 5.74) is -7.31. The van der Waals surface area contributed by atoms with Gasteiger partial charge in [-0.15, -0.1) is 0 Å². The molecule has 65 heavy (non-hydrogen) atoms. The average molecular weight is 911 g/mol. The van der Waals surface area contributed by atoms with Crippen LogP contribution in [0, 0.1) is 81.4 Å². The van der Waals surface area contributed by atoms with Gasteiger partial charge >= 0.3 is 0 Å². The highest BCUT2D eigenvalue weighted by atomic mass is 19.2. The van der Waals surface area contributed by atoms with Gasteiger partial charge in [0.15, 0.2) is 64.5 Å². The molecule has 9 rings (SSSR count). The molecule has 2 N–H and O–H groups in total. The summed E-state index contributed by atoms with van der Waals surface area (Å²) in [6.45, 7) is 0. The van der Waals surface area contributed by atoms with Crippen LogP contribution in [0.3, 0.4) is 0 Å². The third-order valence-corrected chi connectivity index (χ3v) is 10.2. The van der Waals surface area contributed by atoms with Crippen LogP contribution in [0.4, 0.5) is 61.5 Å². The van der Waals surface area contributed by atoms with Crippen molar-refractivity contribution in [1.82, 2.24) is 19.9 Å². The van der Waals surface area contributed by atoms with Gasteiger partial charge in [-0.25, -0.2) is 62.7 Å². The van der Waals surface area contributed by atoms with Crippen LogP contribution < -0.4 is 4.74 Å². The number of aldehydes is 1. The predicted molar refractivity (Wildman–Crippen MR) is 206 cm³/mol. The quantitative estimate of drug-likeness (QED) is 0.0753. The van der Waals surface area contributed by atoms with Crippen molar-refractivity contribution in [2.45, 2.75) is 0 Å². The number of nitrogens with one attached hydrogen (secondary N) is 2. The van der Waals surface area contributed by atoms with Gasteiger partial charge in [-0.1, -0.05) is 12.1 Å². The predicted octanol–water partition coefficient (Wildman–Crippen LogP) is 13.2. The molecular weight excluding hydrogens is 894 g/mol. The van der Waals surface area contributed by atoms with E-state index in [9.17, 15) is 48.7 Å². The molecule has 0 radical (unpaired) electrons. The van der Waals surface area contributed by atoms with Crippen LogP contribution in [0.1, 0.15) is 33.1 Å². The smallest absolute Gasteiger partial charge is 0.205 e. The Kier molecular flexibility index (Phi) is 10.2. The molecule has 0 amide bonds. The molecule has 0 saturated carbocycles. The molecule has 326 valence electrons. The molecule has 0 saturated heterocycles. The molecule has 0 spiro atoms. The number of carbonyl (C=O) groups is 1. The molecule has 20 heteroatoms. The molecule has 4 aromatic carbocycles. The molecule has 8 bridgehead atoms. The molecule has 2 aliphatic heterocycles. The lowest BCUT2D eigenvalue weighted by molar-refractivity contribution is 0.111. The maximum atomic E-state index is 15.6. The third-order valence-electron chi connectivity index (χ3n) is 10.2. The van der Waals surface area contributed by atoms with E-state index in [1.807, 2.05) is 0 Å². The van der Waals surface area contributed by atoms with Crippen LogP contribution in [0.15, 0.2) is 54.6 Å². The SMILES string of the molecule is O=Cc1c(F)c(F)c(Oc2ccc(-c3c4nc(c(-c5c(F)c(F)c(F)c(F)c5F)c5ccc(cc6nc(c(-c7c(F)c(F)c(F)c(F)c7F)c7ccc3[nH]7)C=C6)[nH]5)C=C4)cc2)c(F)c1F. The summed E-state index contributed by atoms with van der Waals surface area (Å²) in [6, 6.07) is 10.5. The summed E-state index contributed by atoms with van der Waals surface area (Å²) in [6.07, 6.45) is 4.31. The Morgan fingerprint density at radius 3 is 1.37 bits per heavy atom. The lowest BCUT2D eigenvalue weighted by Crippen LogP contribution is -2.05. The standard InChI is InChI=1S/C45H16F14N4O2/c46-31-19(14-64)32(47)44(59)45(43(31)58)65-18-5-1-15(2-6-18)26-20-9-11-24(62-20)27(29-33(48)37(52)41(56)38(53)34(29)49)22-7-3-16(60-22)13-17-4-8-23(61-17)28(25-12-10-21(26)63-25)30-35(50)39(54)42(57)40(55)36(30)51/h1-14,60,63H. The number of fused-ring (bicyclic) bond motifs is 8. The van der Waals surface area contributed by atoms with Gasteiger partial charge in [0.2, 0.25) is 29.0 Å². The molecule has 2 aliphatic rings. The lowest BCUT2D eigenvalue weighted by atomic mass is 10.0. The molecule has 0 fully saturated rings. The van der Waals surface area contributed by atoms with E-state index in [4.69, 9.17) is 4.74 Å². The van der Waals surface area contributed by atoms with E-state index in [0.29, 0.717) is 0 Å². The van der Waals surface area contributed by atoms with Gasteiger partial charge in [-0.3, -0.25) is 4.79 Å². The Morgan fingerprint density at radius 2 is 0.846 bits per heavy atom. The van der Waals surface area contributed by atoms with Crippen molar-refractivity contribution < 1.29 is 71.0 Å². The Hall–Kier alpha value is -8.03. The van der Waals surface area contributed by atoms with Crippen LogP contribution in [0.2, 0.25) is 0 Å². The summed E-state index contributed by atoms with van der Waals surface area (Å²) in [5.74, 6) is -33.2. The van der Waals surface area contributed by atoms with Crippen molar-refractivity contribution in [1.29, 1.82) is 0 Å². The Bertz CT molecular complexity index is 3330. The molecule has 5 heterocycles. The van der Waals surface area contributed by atoms with Gasteiger partial charge in [0, 0.05) is 38.8 Å². The van der Waals surface area contributed by atoms with Crippen molar-refractivity contribution in [2.75, 3.05) is 0 Å². The fourth-order valence-electron chi connectivity index (χ4n) is 7.25. The van der Waals surface area contributed by atoms with Crippen LogP contribution in [0.5, 0.6) is 11.5 Å². The van der Waals surface area contributed by atoms with E-state index in [0.717, 1.165) is 30.4 Å². The van der Waals surface area contributed by atoms with E-state index in [1.165, 1.54) is 48.6 Å². The number of aromatic amines is 2. The van der Waals surface area contributed by atoms with E-state index < -0.39 is 133 Å². The number of nitrogens with zero attached hydrogens (tertiary/aromatic N) is 2. The number of carbonyl (C=O) groups excluding carboxylic acids is 1. The number of aromatic nitrogens is 4. The number of halogens is 14. The highest BCUT2D eigenvalue weighted by molar-refractivity contribution is 5.98. The number of ether oxygens (including phenoxy) is 1. The molecule has 0 aliphatic carbocycles. The maximum Gasteiger partial charge on any atom is 0.205 e. The second-order valence-electron chi connectivity index (χ2n) is 14.0. The highest BCUT2D eigenvalue weighted by Gasteiger charge is 2.32. The molecule has 6 nitrogen and oxygen atoms in total. The first-order valence-electron chi connectivity index (χ1n) is 18.3. The van der Waals surface area contributed by atoms with Gasteiger partial charge in [0.25, 0.3) is 0 Å². The van der Waals surface area contributed by atoms with Crippen LogP contribution in [-0.4, -0.2) is 26.2 Å². The highest BCUT2D eigenvalue weighted by Crippen LogP contribution is 2.42. The van der Waals surface area contributed by atoms with Crippen molar-refractivity contribution >= 4 is 52.7 Å². The molecular formula is C45H16F14N4O2. The normalized spacial score (nSPS) is 12.1. The zero-order valence-electron chi connectivity index (χ0n) is 31.6. The first kappa shape index (κ1) is 42.3. The van der Waals surface area contributed by atoms with E-state index in [-0.39, 0.29) is 50.3 Å². The Balaban J connectivity index is 1.37. The van der Waals surface area contributed by atoms with Crippen molar-refractivity contribution in [3.8, 4) is 44.9 Å². The minimum Gasteiger partial charge on any atom is -0.451 e. The summed E-state index contributed by atoms with van der Waals surface area (Å²) in [5, 5.41) is 0. The Morgan fingerprint density at radius 1 is 0.415 bits per heavy atom. The lowest BCUT2D eigenvalue weighted by Gasteiger charge is -2.12. The first-order valence-corrected chi connectivity index (χ1v) is 18.3. The largest absolute Gasteiger partial charge is 0.451 e. The van der Waals surface area contributed by atoms with Gasteiger partial charge in [0.1, 0.15) is 5.75 Å². The van der Waals surface area contributed by atoms with Gasteiger partial charge in [0.05, 0.1) is 39.5 Å². The average Bonchev–Trinajstić information content (AvgIpc) is 4.15.